The van der Waals surface area contributed by atoms with Gasteiger partial charge in [-0.3, -0.25) is 4.79 Å². The highest BCUT2D eigenvalue weighted by molar-refractivity contribution is 8.18. The summed E-state index contributed by atoms with van der Waals surface area (Å²) < 4.78 is 11.8. The summed E-state index contributed by atoms with van der Waals surface area (Å²) in [7, 11) is 0. The van der Waals surface area contributed by atoms with Crippen LogP contribution in [0.2, 0.25) is 0 Å². The third-order valence-corrected chi connectivity index (χ3v) is 5.94. The number of hydrogen-bond donors (Lipinski definition) is 1. The molecule has 0 bridgehead atoms. The predicted octanol–water partition coefficient (Wildman–Crippen LogP) is 6.12. The number of hydrogen-bond acceptors (Lipinski definition) is 5. The fourth-order valence-corrected chi connectivity index (χ4v) is 4.13. The van der Waals surface area contributed by atoms with Crippen LogP contribution in [0.5, 0.6) is 11.5 Å². The van der Waals surface area contributed by atoms with E-state index in [0.29, 0.717) is 34.8 Å². The standard InChI is InChI=1S/C27H26N2O3S/c1-3-19-10-13-22(14-11-19)28-27-29-26(30)25(33-27)17-21-12-15-23(24(16-21)31-4-2)32-18-20-8-6-5-7-9-20/h5-17H,3-4,18H2,1-2H3,(H,28,29,30)/b25-17-. The van der Waals surface area contributed by atoms with E-state index in [0.717, 1.165) is 23.2 Å². The van der Waals surface area contributed by atoms with Gasteiger partial charge in [0.2, 0.25) is 0 Å². The molecule has 0 atom stereocenters. The van der Waals surface area contributed by atoms with E-state index < -0.39 is 0 Å². The molecule has 3 aromatic carbocycles. The smallest absolute Gasteiger partial charge is 0.264 e. The maximum atomic E-state index is 12.5. The molecule has 1 aliphatic heterocycles. The molecular formula is C27H26N2O3S. The Bertz CT molecular complexity index is 1170. The molecule has 1 fully saturated rings. The number of carbonyl (C=O) groups is 1. The van der Waals surface area contributed by atoms with E-state index in [1.54, 1.807) is 0 Å². The largest absolute Gasteiger partial charge is 0.490 e. The van der Waals surface area contributed by atoms with Crippen LogP contribution in [0, 0.1) is 0 Å². The van der Waals surface area contributed by atoms with Crippen LogP contribution in [-0.2, 0) is 17.8 Å². The Hall–Kier alpha value is -3.51. The number of amidine groups is 1. The number of nitrogens with one attached hydrogen (secondary N) is 1. The number of rotatable bonds is 8. The highest BCUT2D eigenvalue weighted by Gasteiger charge is 2.24. The molecule has 3 aromatic rings. The lowest BCUT2D eigenvalue weighted by atomic mass is 10.1. The van der Waals surface area contributed by atoms with Crippen molar-refractivity contribution in [1.82, 2.24) is 5.32 Å². The number of benzene rings is 3. The first kappa shape index (κ1) is 22.7. The van der Waals surface area contributed by atoms with Crippen LogP contribution in [0.4, 0.5) is 5.69 Å². The van der Waals surface area contributed by atoms with E-state index in [2.05, 4.69) is 17.2 Å². The normalized spacial score (nSPS) is 15.6. The van der Waals surface area contributed by atoms with Gasteiger partial charge >= 0.3 is 0 Å². The highest BCUT2D eigenvalue weighted by Crippen LogP contribution is 2.33. The van der Waals surface area contributed by atoms with Crippen molar-refractivity contribution in [2.24, 2.45) is 4.99 Å². The molecule has 1 aliphatic rings. The van der Waals surface area contributed by atoms with E-state index in [4.69, 9.17) is 9.47 Å². The quantitative estimate of drug-likeness (QED) is 0.413. The molecule has 1 heterocycles. The Morgan fingerprint density at radius 1 is 0.909 bits per heavy atom. The highest BCUT2D eigenvalue weighted by atomic mass is 32.2. The maximum Gasteiger partial charge on any atom is 0.264 e. The minimum Gasteiger partial charge on any atom is -0.490 e. The van der Waals surface area contributed by atoms with Crippen LogP contribution in [0.25, 0.3) is 6.08 Å². The first-order chi connectivity index (χ1) is 16.1. The minimum atomic E-state index is -0.161. The lowest BCUT2D eigenvalue weighted by Gasteiger charge is -2.13. The van der Waals surface area contributed by atoms with Crippen molar-refractivity contribution in [2.45, 2.75) is 26.9 Å². The van der Waals surface area contributed by atoms with Gasteiger partial charge < -0.3 is 14.8 Å². The SMILES string of the molecule is CCOc1cc(/C=C2\SC(=Nc3ccc(CC)cc3)NC2=O)ccc1OCc1ccccc1. The van der Waals surface area contributed by atoms with Gasteiger partial charge in [0.15, 0.2) is 16.7 Å². The first-order valence-electron chi connectivity index (χ1n) is 11.0. The molecule has 4 rings (SSSR count). The summed E-state index contributed by atoms with van der Waals surface area (Å²) in [5, 5.41) is 3.41. The van der Waals surface area contributed by atoms with Gasteiger partial charge in [0.25, 0.3) is 5.91 Å². The van der Waals surface area contributed by atoms with Crippen LogP contribution < -0.4 is 14.8 Å². The first-order valence-corrected chi connectivity index (χ1v) is 11.8. The average Bonchev–Trinajstić information content (AvgIpc) is 3.18. The molecule has 6 heteroatoms. The zero-order valence-electron chi connectivity index (χ0n) is 18.7. The second-order valence-electron chi connectivity index (χ2n) is 7.42. The number of amides is 1. The topological polar surface area (TPSA) is 59.9 Å². The summed E-state index contributed by atoms with van der Waals surface area (Å²) in [6.45, 7) is 5.02. The molecule has 1 saturated heterocycles. The second-order valence-corrected chi connectivity index (χ2v) is 8.45. The molecule has 1 amide bonds. The summed E-state index contributed by atoms with van der Waals surface area (Å²) in [6, 6.07) is 23.7. The molecule has 0 spiro atoms. The monoisotopic (exact) mass is 458 g/mol. The van der Waals surface area contributed by atoms with E-state index in [-0.39, 0.29) is 5.91 Å². The van der Waals surface area contributed by atoms with Crippen LogP contribution in [0.3, 0.4) is 0 Å². The number of aliphatic imine (C=N–C) groups is 1. The maximum absolute atomic E-state index is 12.5. The van der Waals surface area contributed by atoms with Gasteiger partial charge in [0.05, 0.1) is 17.2 Å². The second kappa shape index (κ2) is 10.9. The van der Waals surface area contributed by atoms with Crippen molar-refractivity contribution in [3.05, 3.63) is 94.4 Å². The number of ether oxygens (including phenoxy) is 2. The number of aryl methyl sites for hydroxylation is 1. The molecular weight excluding hydrogens is 432 g/mol. The predicted molar refractivity (Wildman–Crippen MR) is 135 cm³/mol. The van der Waals surface area contributed by atoms with Crippen molar-refractivity contribution in [3.8, 4) is 11.5 Å². The number of thioether (sulfide) groups is 1. The van der Waals surface area contributed by atoms with Crippen molar-refractivity contribution in [3.63, 3.8) is 0 Å². The van der Waals surface area contributed by atoms with Gasteiger partial charge in [-0.1, -0.05) is 55.5 Å². The Morgan fingerprint density at radius 2 is 1.70 bits per heavy atom. The van der Waals surface area contributed by atoms with Crippen molar-refractivity contribution >= 4 is 34.6 Å². The van der Waals surface area contributed by atoms with Crippen LogP contribution in [-0.4, -0.2) is 17.7 Å². The summed E-state index contributed by atoms with van der Waals surface area (Å²) in [5.41, 5.74) is 4.01. The number of carbonyl (C=O) groups excluding carboxylic acids is 1. The molecule has 0 unspecified atom stereocenters. The molecule has 1 N–H and O–H groups in total. The Balaban J connectivity index is 1.49. The van der Waals surface area contributed by atoms with E-state index >= 15 is 0 Å². The minimum absolute atomic E-state index is 0.161. The van der Waals surface area contributed by atoms with Crippen molar-refractivity contribution in [1.29, 1.82) is 0 Å². The van der Waals surface area contributed by atoms with Gasteiger partial charge in [0.1, 0.15) is 6.61 Å². The molecule has 168 valence electrons. The molecule has 0 aliphatic carbocycles. The average molecular weight is 459 g/mol. The molecule has 0 saturated carbocycles. The summed E-state index contributed by atoms with van der Waals surface area (Å²) in [6.07, 6.45) is 2.82. The Kier molecular flexibility index (Phi) is 7.47. The Morgan fingerprint density at radius 3 is 2.42 bits per heavy atom. The lowest BCUT2D eigenvalue weighted by Crippen LogP contribution is -2.19. The van der Waals surface area contributed by atoms with E-state index in [9.17, 15) is 4.79 Å². The molecule has 33 heavy (non-hydrogen) atoms. The third-order valence-electron chi connectivity index (χ3n) is 5.03. The number of nitrogens with zero attached hydrogens (tertiary/aromatic N) is 1. The van der Waals surface area contributed by atoms with Crippen LogP contribution >= 0.6 is 11.8 Å². The van der Waals surface area contributed by atoms with Crippen LogP contribution in [0.15, 0.2) is 82.7 Å². The summed E-state index contributed by atoms with van der Waals surface area (Å²) in [4.78, 5) is 17.6. The lowest BCUT2D eigenvalue weighted by molar-refractivity contribution is -0.115. The fraction of sp³-hybridized carbons (Fsp3) is 0.185. The van der Waals surface area contributed by atoms with Gasteiger partial charge in [-0.05, 0) is 72.1 Å². The fourth-order valence-electron chi connectivity index (χ4n) is 3.29. The zero-order valence-corrected chi connectivity index (χ0v) is 19.5. The van der Waals surface area contributed by atoms with Crippen molar-refractivity contribution < 1.29 is 14.3 Å². The molecule has 0 aromatic heterocycles. The molecule has 0 radical (unpaired) electrons. The van der Waals surface area contributed by atoms with E-state index in [1.165, 1.54) is 17.3 Å². The summed E-state index contributed by atoms with van der Waals surface area (Å²) >= 11 is 1.33. The Labute approximate surface area is 198 Å². The van der Waals surface area contributed by atoms with E-state index in [1.807, 2.05) is 85.8 Å². The van der Waals surface area contributed by atoms with Gasteiger partial charge in [-0.25, -0.2) is 4.99 Å². The summed E-state index contributed by atoms with van der Waals surface area (Å²) in [5.74, 6) is 1.16. The van der Waals surface area contributed by atoms with Crippen LogP contribution in [0.1, 0.15) is 30.5 Å². The zero-order chi connectivity index (χ0) is 23.0. The van der Waals surface area contributed by atoms with Gasteiger partial charge in [0, 0.05) is 0 Å². The molecule has 5 nitrogen and oxygen atoms in total. The van der Waals surface area contributed by atoms with Gasteiger partial charge in [-0.15, -0.1) is 0 Å². The third kappa shape index (κ3) is 6.05. The van der Waals surface area contributed by atoms with Crippen molar-refractivity contribution in [2.75, 3.05) is 6.61 Å². The van der Waals surface area contributed by atoms with Gasteiger partial charge in [-0.2, -0.15) is 0 Å².